The van der Waals surface area contributed by atoms with Crippen LogP contribution in [-0.4, -0.2) is 48.1 Å². The van der Waals surface area contributed by atoms with Crippen LogP contribution >= 0.6 is 0 Å². The molecule has 0 unspecified atom stereocenters. The molecule has 0 radical (unpaired) electrons. The van der Waals surface area contributed by atoms with E-state index in [0.29, 0.717) is 0 Å². The van der Waals surface area contributed by atoms with Gasteiger partial charge in [0, 0.05) is 49.6 Å². The van der Waals surface area contributed by atoms with Crippen LogP contribution in [-0.2, 0) is 0 Å². The van der Waals surface area contributed by atoms with Crippen LogP contribution in [0.2, 0.25) is 0 Å². The van der Waals surface area contributed by atoms with Crippen molar-refractivity contribution in [3.8, 4) is 0 Å². The van der Waals surface area contributed by atoms with E-state index in [1.165, 1.54) is 0 Å². The number of H-pyrrole nitrogens is 4. The average molecular weight is 448 g/mol. The Morgan fingerprint density at radius 3 is 0.704 bits per heavy atom. The van der Waals surface area contributed by atoms with Gasteiger partial charge in [-0.2, -0.15) is 20.4 Å². The summed E-state index contributed by atoms with van der Waals surface area (Å²) >= 11 is 0. The zero-order valence-corrected chi connectivity index (χ0v) is 24.9. The van der Waals surface area contributed by atoms with Gasteiger partial charge in [0.25, 0.3) is 0 Å². The van der Waals surface area contributed by atoms with Crippen molar-refractivity contribution >= 4 is 7.32 Å². The maximum atomic E-state index is 8.42. The molecule has 11 nitrogen and oxygen atoms in total. The Labute approximate surface area is 284 Å². The molecule has 0 saturated carbocycles. The number of rotatable bonds is 0. The van der Waals surface area contributed by atoms with E-state index in [1.54, 1.807) is 49.6 Å². The Balaban J connectivity index is -0.000000120. The normalized spacial score (nSPS) is 6.93. The summed E-state index contributed by atoms with van der Waals surface area (Å²) in [5.74, 6) is 0. The van der Waals surface area contributed by atoms with Gasteiger partial charge in [-0.3, -0.25) is 27.7 Å². The van der Waals surface area contributed by atoms with Crippen molar-refractivity contribution in [2.75, 3.05) is 0 Å². The molecule has 27 heavy (non-hydrogen) atoms. The van der Waals surface area contributed by atoms with E-state index in [2.05, 4.69) is 40.8 Å². The first-order valence-corrected chi connectivity index (χ1v) is 6.46. The summed E-state index contributed by atoms with van der Waals surface area (Å²) in [6.45, 7) is 0. The van der Waals surface area contributed by atoms with Gasteiger partial charge in [0.2, 0.25) is 0 Å². The molecule has 0 spiro atoms. The van der Waals surface area contributed by atoms with E-state index in [-0.39, 0.29) is 154 Å². The van der Waals surface area contributed by atoms with Gasteiger partial charge in [-0.25, -0.2) is 0 Å². The van der Waals surface area contributed by atoms with E-state index in [4.69, 9.17) is 15.1 Å². The molecule has 0 bridgehead atoms. The molecule has 4 rings (SSSR count). The molecule has 0 amide bonds. The molecule has 4 aromatic heterocycles. The summed E-state index contributed by atoms with van der Waals surface area (Å²) in [6, 6.07) is 7.33. The fourth-order valence-corrected chi connectivity index (χ4v) is 0.861. The van der Waals surface area contributed by atoms with Gasteiger partial charge in [0.15, 0.2) is 0 Å². The van der Waals surface area contributed by atoms with Crippen LogP contribution in [0.4, 0.5) is 0 Å². The molecule has 4 aromatic rings. The first kappa shape index (κ1) is 36.1. The quantitative estimate of drug-likeness (QED) is 0.192. The third-order valence-corrected chi connectivity index (χ3v) is 1.62. The van der Waals surface area contributed by atoms with Crippen molar-refractivity contribution in [3.05, 3.63) is 73.8 Å². The summed E-state index contributed by atoms with van der Waals surface area (Å²) in [7, 11) is -2.92. The molecule has 0 aliphatic heterocycles. The third-order valence-electron chi connectivity index (χ3n) is 1.62. The van der Waals surface area contributed by atoms with Crippen LogP contribution < -0.4 is 169 Å². The van der Waals surface area contributed by atoms with Gasteiger partial charge in [-0.05, 0) is 24.3 Å². The SMILES string of the molecule is [K+].[K+].[K+].[O-]B([O-])[O-].c1cn[nH]c1.c1cn[nH]c1.c1cn[nH]c1.c1cn[nH]c1. The van der Waals surface area contributed by atoms with Gasteiger partial charge in [0.05, 0.1) is 0 Å². The number of nitrogens with one attached hydrogen (secondary N) is 4. The van der Waals surface area contributed by atoms with Crippen LogP contribution in [0, 0.1) is 0 Å². The molecule has 0 aliphatic carbocycles. The summed E-state index contributed by atoms with van der Waals surface area (Å²) < 4.78 is 0. The van der Waals surface area contributed by atoms with Gasteiger partial charge >= 0.3 is 154 Å². The first-order chi connectivity index (χ1) is 11.7. The van der Waals surface area contributed by atoms with Gasteiger partial charge in [0.1, 0.15) is 0 Å². The predicted molar refractivity (Wildman–Crippen MR) is 80.1 cm³/mol. The molecule has 0 atom stereocenters. The summed E-state index contributed by atoms with van der Waals surface area (Å²) in [4.78, 5) is 0. The minimum Gasteiger partial charge on any atom is -0.907 e. The molecule has 0 fully saturated rings. The van der Waals surface area contributed by atoms with Crippen molar-refractivity contribution in [1.82, 2.24) is 40.8 Å². The Bertz CT molecular complexity index is 421. The van der Waals surface area contributed by atoms with Gasteiger partial charge in [-0.15, -0.1) is 0 Å². The molecule has 128 valence electrons. The number of aromatic nitrogens is 8. The van der Waals surface area contributed by atoms with Crippen molar-refractivity contribution in [3.63, 3.8) is 0 Å². The fraction of sp³-hybridized carbons (Fsp3) is 0. The number of hydrogen-bond donors (Lipinski definition) is 4. The zero-order valence-electron chi connectivity index (χ0n) is 15.5. The molecule has 15 heteroatoms. The minimum absolute atomic E-state index is 0. The molecular formula is C12H16BK3N8O3. The van der Waals surface area contributed by atoms with Crippen LogP contribution in [0.5, 0.6) is 0 Å². The monoisotopic (exact) mass is 448 g/mol. The van der Waals surface area contributed by atoms with Crippen molar-refractivity contribution in [1.29, 1.82) is 0 Å². The maximum absolute atomic E-state index is 8.42. The van der Waals surface area contributed by atoms with E-state index >= 15 is 0 Å². The Hall–Kier alpha value is 1.69. The second-order valence-corrected chi connectivity index (χ2v) is 3.35. The Morgan fingerprint density at radius 2 is 0.667 bits per heavy atom. The Kier molecular flexibility index (Phi) is 43.3. The molecule has 0 saturated heterocycles. The number of hydrogen-bond acceptors (Lipinski definition) is 7. The molecule has 0 aliphatic rings. The standard InChI is InChI=1S/4C3H4N2.BO3.3K/c4*1-2-4-5-3-1;2-1(3)4;;;/h4*1-3H,(H,4,5);;;;/q;;;;-3;3*+1. The summed E-state index contributed by atoms with van der Waals surface area (Å²) in [5, 5.41) is 50.1. The van der Waals surface area contributed by atoms with E-state index in [9.17, 15) is 0 Å². The molecule has 4 heterocycles. The molecule has 4 N–H and O–H groups in total. The van der Waals surface area contributed by atoms with Gasteiger partial charge < -0.3 is 15.1 Å². The predicted octanol–water partition coefficient (Wildman–Crippen LogP) is -11.3. The van der Waals surface area contributed by atoms with Crippen molar-refractivity contribution < 1.29 is 169 Å². The van der Waals surface area contributed by atoms with E-state index in [1.807, 2.05) is 24.3 Å². The smallest absolute Gasteiger partial charge is 0.907 e. The van der Waals surface area contributed by atoms with Gasteiger partial charge in [-0.1, -0.05) is 0 Å². The van der Waals surface area contributed by atoms with Crippen LogP contribution in [0.1, 0.15) is 0 Å². The number of aromatic amines is 4. The van der Waals surface area contributed by atoms with Crippen LogP contribution in [0.3, 0.4) is 0 Å². The van der Waals surface area contributed by atoms with Crippen molar-refractivity contribution in [2.45, 2.75) is 0 Å². The maximum Gasteiger partial charge on any atom is 1.00 e. The fourth-order valence-electron chi connectivity index (χ4n) is 0.861. The zero-order chi connectivity index (χ0) is 17.7. The summed E-state index contributed by atoms with van der Waals surface area (Å²) in [5.41, 5.74) is 0. The largest absolute Gasteiger partial charge is 1.00 e. The molecular weight excluding hydrogens is 432 g/mol. The second-order valence-electron chi connectivity index (χ2n) is 3.35. The molecule has 0 aromatic carbocycles. The van der Waals surface area contributed by atoms with Crippen molar-refractivity contribution in [2.24, 2.45) is 0 Å². The van der Waals surface area contributed by atoms with E-state index in [0.717, 1.165) is 0 Å². The number of nitrogens with zero attached hydrogens (tertiary/aromatic N) is 4. The third kappa shape index (κ3) is 38.8. The summed E-state index contributed by atoms with van der Waals surface area (Å²) in [6.07, 6.45) is 13.8. The van der Waals surface area contributed by atoms with E-state index < -0.39 is 7.32 Å². The van der Waals surface area contributed by atoms with Crippen LogP contribution in [0.25, 0.3) is 0 Å². The minimum atomic E-state index is -2.92. The topological polar surface area (TPSA) is 184 Å². The Morgan fingerprint density at radius 1 is 0.481 bits per heavy atom. The first-order valence-electron chi connectivity index (χ1n) is 6.46. The average Bonchev–Trinajstić information content (AvgIpc) is 3.46. The van der Waals surface area contributed by atoms with Crippen LogP contribution in [0.15, 0.2) is 73.8 Å². The second kappa shape index (κ2) is 32.4.